The van der Waals surface area contributed by atoms with Crippen LogP contribution in [0.25, 0.3) is 0 Å². The van der Waals surface area contributed by atoms with E-state index in [0.29, 0.717) is 0 Å². The van der Waals surface area contributed by atoms with Gasteiger partial charge in [-0.2, -0.15) is 4.89 Å². The Balaban J connectivity index is 2.03. The lowest BCUT2D eigenvalue weighted by molar-refractivity contribution is -0.459. The highest BCUT2D eigenvalue weighted by Crippen LogP contribution is 2.32. The topological polar surface area (TPSA) is 118 Å². The smallest absolute Gasteiger partial charge is 0.312 e. The second-order valence-corrected chi connectivity index (χ2v) is 4.85. The largest absolute Gasteiger partial charge is 0.394 e. The minimum atomic E-state index is -1.96. The van der Waals surface area contributed by atoms with Crippen LogP contribution in [-0.2, 0) is 25.9 Å². The molecule has 1 aliphatic heterocycles. The van der Waals surface area contributed by atoms with Crippen molar-refractivity contribution in [1.29, 1.82) is 0 Å². The van der Waals surface area contributed by atoms with E-state index >= 15 is 0 Å². The summed E-state index contributed by atoms with van der Waals surface area (Å²) in [5.74, 6) is -1.96. The molecule has 3 N–H and O–H groups in total. The van der Waals surface area contributed by atoms with Gasteiger partial charge in [-0.05, 0) is 5.56 Å². The molecule has 1 aromatic rings. The fourth-order valence-corrected chi connectivity index (χ4v) is 2.11. The molecule has 0 spiro atoms. The summed E-state index contributed by atoms with van der Waals surface area (Å²) in [5.41, 5.74) is 0.808. The van der Waals surface area contributed by atoms with Crippen LogP contribution in [0.3, 0.4) is 0 Å². The number of aliphatic imine (C=N–C) groups is 1. The number of rotatable bonds is 6. The number of benzene rings is 1. The van der Waals surface area contributed by atoms with E-state index in [1.165, 1.54) is 6.08 Å². The normalized spacial score (nSPS) is 31.5. The van der Waals surface area contributed by atoms with Gasteiger partial charge in [0.15, 0.2) is 0 Å². The summed E-state index contributed by atoms with van der Waals surface area (Å²) >= 11 is 0. The van der Waals surface area contributed by atoms with E-state index < -0.39 is 30.8 Å². The molecule has 22 heavy (non-hydrogen) atoms. The molecule has 2 rings (SSSR count). The summed E-state index contributed by atoms with van der Waals surface area (Å²) in [6.45, 7) is -0.529. The zero-order valence-corrected chi connectivity index (χ0v) is 11.7. The molecule has 1 aromatic carbocycles. The van der Waals surface area contributed by atoms with Gasteiger partial charge in [0, 0.05) is 0 Å². The highest BCUT2D eigenvalue weighted by molar-refractivity contribution is 5.34. The van der Waals surface area contributed by atoms with Crippen LogP contribution in [0.1, 0.15) is 12.0 Å². The van der Waals surface area contributed by atoms with Gasteiger partial charge in [0.05, 0.1) is 19.1 Å². The number of aliphatic hydroxyl groups is 3. The lowest BCUT2D eigenvalue weighted by Crippen LogP contribution is -2.56. The Hall–Kier alpha value is -1.64. The Kier molecular flexibility index (Phi) is 5.76. The minimum absolute atomic E-state index is 0.0583. The third-order valence-corrected chi connectivity index (χ3v) is 3.23. The number of carbonyl (C=O) groups excluding carboxylic acids is 1. The maximum atomic E-state index is 10.6. The van der Waals surface area contributed by atoms with E-state index in [0.717, 1.165) is 5.56 Å². The van der Waals surface area contributed by atoms with Gasteiger partial charge >= 0.3 is 5.91 Å². The molecule has 4 atom stereocenters. The maximum absolute atomic E-state index is 10.6. The molecular weight excluding hydrogens is 294 g/mol. The number of ether oxygens (including phenoxy) is 1. The van der Waals surface area contributed by atoms with Crippen molar-refractivity contribution in [3.05, 3.63) is 35.9 Å². The number of nitrogens with zero attached hydrogens (tertiary/aromatic N) is 1. The molecule has 1 aliphatic rings. The van der Waals surface area contributed by atoms with Crippen molar-refractivity contribution in [2.24, 2.45) is 4.99 Å². The Morgan fingerprint density at radius 1 is 1.36 bits per heavy atom. The van der Waals surface area contributed by atoms with Crippen LogP contribution in [0.15, 0.2) is 35.3 Å². The van der Waals surface area contributed by atoms with Crippen LogP contribution in [-0.4, -0.2) is 52.2 Å². The zero-order valence-electron chi connectivity index (χ0n) is 11.7. The first-order chi connectivity index (χ1) is 10.6. The molecule has 0 radical (unpaired) electrons. The Morgan fingerprint density at radius 3 is 2.73 bits per heavy atom. The summed E-state index contributed by atoms with van der Waals surface area (Å²) in [5, 5.41) is 28.6. The van der Waals surface area contributed by atoms with Gasteiger partial charge in [0.25, 0.3) is 0 Å². The quantitative estimate of drug-likeness (QED) is 0.284. The highest BCUT2D eigenvalue weighted by Gasteiger charge is 2.48. The van der Waals surface area contributed by atoms with E-state index in [4.69, 9.17) is 19.6 Å². The van der Waals surface area contributed by atoms with Crippen molar-refractivity contribution in [3.8, 4) is 0 Å². The van der Waals surface area contributed by atoms with Gasteiger partial charge in [0.1, 0.15) is 18.8 Å². The first-order valence-electron chi connectivity index (χ1n) is 6.68. The molecule has 0 aromatic heterocycles. The molecule has 0 amide bonds. The van der Waals surface area contributed by atoms with Gasteiger partial charge < -0.3 is 20.1 Å². The fourth-order valence-electron chi connectivity index (χ4n) is 2.11. The average Bonchev–Trinajstić information content (AvgIpc) is 2.52. The second-order valence-electron chi connectivity index (χ2n) is 4.85. The van der Waals surface area contributed by atoms with Gasteiger partial charge in [-0.1, -0.05) is 30.3 Å². The van der Waals surface area contributed by atoms with Crippen LogP contribution in [0, 0.1) is 0 Å². The van der Waals surface area contributed by atoms with E-state index in [2.05, 4.69) is 4.99 Å². The number of hydrogen-bond donors (Lipinski definition) is 3. The predicted molar refractivity (Wildman–Crippen MR) is 71.8 cm³/mol. The third kappa shape index (κ3) is 3.96. The van der Waals surface area contributed by atoms with Crippen molar-refractivity contribution in [3.63, 3.8) is 0 Å². The summed E-state index contributed by atoms with van der Waals surface area (Å²) < 4.78 is 5.25. The Morgan fingerprint density at radius 2 is 2.09 bits per heavy atom. The second kappa shape index (κ2) is 7.57. The van der Waals surface area contributed by atoms with Gasteiger partial charge in [-0.15, -0.1) is 4.99 Å². The number of hydrogen-bond acceptors (Lipinski definition) is 8. The molecule has 120 valence electrons. The molecule has 8 heteroatoms. The zero-order chi connectivity index (χ0) is 16.0. The Bertz CT molecular complexity index is 519. The van der Waals surface area contributed by atoms with Crippen LogP contribution in [0.5, 0.6) is 0 Å². The summed E-state index contributed by atoms with van der Waals surface area (Å²) in [6.07, 6.45) is -2.85. The van der Waals surface area contributed by atoms with Crippen molar-refractivity contribution in [2.45, 2.75) is 37.3 Å². The number of isocyanates is 1. The number of aliphatic hydroxyl groups excluding tert-OH is 3. The van der Waals surface area contributed by atoms with E-state index in [1.807, 2.05) is 18.2 Å². The van der Waals surface area contributed by atoms with E-state index in [-0.39, 0.29) is 13.0 Å². The summed E-state index contributed by atoms with van der Waals surface area (Å²) in [7, 11) is 0. The lowest BCUT2D eigenvalue weighted by Gasteiger charge is -2.40. The molecule has 0 bridgehead atoms. The van der Waals surface area contributed by atoms with Crippen molar-refractivity contribution >= 4 is 6.08 Å². The van der Waals surface area contributed by atoms with E-state index in [9.17, 15) is 15.0 Å². The standard InChI is InChI=1S/C14H17NO7/c16-7-12-13(19)11(18)6-14(21-12,15-9-17)22-20-8-10-4-2-1-3-5-10/h1-5,11-13,16,18-19H,6-8H2/t11-,12-,13+,14+/m1/s1. The summed E-state index contributed by atoms with van der Waals surface area (Å²) in [4.78, 5) is 24.0. The molecule has 1 fully saturated rings. The highest BCUT2D eigenvalue weighted by atomic mass is 17.2. The van der Waals surface area contributed by atoms with E-state index in [1.54, 1.807) is 12.1 Å². The van der Waals surface area contributed by atoms with Crippen molar-refractivity contribution in [2.75, 3.05) is 6.61 Å². The van der Waals surface area contributed by atoms with Crippen LogP contribution < -0.4 is 0 Å². The minimum Gasteiger partial charge on any atom is -0.394 e. The molecule has 1 heterocycles. The Labute approximate surface area is 126 Å². The third-order valence-electron chi connectivity index (χ3n) is 3.23. The van der Waals surface area contributed by atoms with Crippen molar-refractivity contribution < 1.29 is 34.6 Å². The maximum Gasteiger partial charge on any atom is 0.312 e. The van der Waals surface area contributed by atoms with Gasteiger partial charge in [0.2, 0.25) is 6.08 Å². The lowest BCUT2D eigenvalue weighted by atomic mass is 10.00. The summed E-state index contributed by atoms with van der Waals surface area (Å²) in [6, 6.07) is 9.08. The molecule has 0 unspecified atom stereocenters. The van der Waals surface area contributed by atoms with Crippen molar-refractivity contribution in [1.82, 2.24) is 0 Å². The molecule has 0 saturated carbocycles. The predicted octanol–water partition coefficient (Wildman–Crippen LogP) is -0.373. The van der Waals surface area contributed by atoms with Gasteiger partial charge in [-0.3, -0.25) is 0 Å². The average molecular weight is 311 g/mol. The molecule has 1 saturated heterocycles. The SMILES string of the molecule is O=C=N[C@@]1(OOCc2ccccc2)C[C@@H](O)[C@H](O)[C@@H](CO)O1. The van der Waals surface area contributed by atoms with Crippen LogP contribution in [0.2, 0.25) is 0 Å². The van der Waals surface area contributed by atoms with Crippen LogP contribution in [0.4, 0.5) is 0 Å². The van der Waals surface area contributed by atoms with Gasteiger partial charge in [-0.25, -0.2) is 9.68 Å². The fraction of sp³-hybridized carbons (Fsp3) is 0.500. The molecule has 8 nitrogen and oxygen atoms in total. The first-order valence-corrected chi connectivity index (χ1v) is 6.68. The molecule has 0 aliphatic carbocycles. The molecular formula is C14H17NO7. The van der Waals surface area contributed by atoms with Crippen LogP contribution >= 0.6 is 0 Å². The first kappa shape index (κ1) is 16.7. The monoisotopic (exact) mass is 311 g/mol.